The lowest BCUT2D eigenvalue weighted by Crippen LogP contribution is -2.42. The first kappa shape index (κ1) is 16.0. The average Bonchev–Trinajstić information content (AvgIpc) is 2.35. The Morgan fingerprint density at radius 2 is 1.80 bits per heavy atom. The summed E-state index contributed by atoms with van der Waals surface area (Å²) in [6, 6.07) is 3.95. The average molecular weight is 300 g/mol. The van der Waals surface area contributed by atoms with Gasteiger partial charge in [-0.25, -0.2) is 18.0 Å². The number of aliphatic carboxylic acids is 1. The van der Waals surface area contributed by atoms with E-state index in [1.807, 2.05) is 0 Å². The fraction of sp³-hybridized carbons (Fsp3) is 0.333. The van der Waals surface area contributed by atoms with E-state index in [0.29, 0.717) is 5.69 Å². The summed E-state index contributed by atoms with van der Waals surface area (Å²) in [5, 5.41) is 13.5. The van der Waals surface area contributed by atoms with Crippen LogP contribution in [-0.2, 0) is 14.6 Å². The molecular weight excluding hydrogens is 284 g/mol. The highest BCUT2D eigenvalue weighted by Gasteiger charge is 2.17. The molecule has 0 saturated heterocycles. The van der Waals surface area contributed by atoms with Gasteiger partial charge in [-0.15, -0.1) is 0 Å². The summed E-state index contributed by atoms with van der Waals surface area (Å²) >= 11 is 0. The second-order valence-electron chi connectivity index (χ2n) is 4.19. The van der Waals surface area contributed by atoms with Crippen molar-refractivity contribution in [2.24, 2.45) is 0 Å². The number of hydrogen-bond acceptors (Lipinski definition) is 4. The van der Waals surface area contributed by atoms with E-state index >= 15 is 0 Å². The van der Waals surface area contributed by atoms with Crippen LogP contribution in [0, 0.1) is 0 Å². The van der Waals surface area contributed by atoms with Gasteiger partial charge in [0.1, 0.15) is 6.04 Å². The Morgan fingerprint density at radius 1 is 1.25 bits per heavy atom. The fourth-order valence-corrected chi connectivity index (χ4v) is 2.08. The predicted molar refractivity (Wildman–Crippen MR) is 73.4 cm³/mol. The Morgan fingerprint density at radius 3 is 2.20 bits per heavy atom. The number of hydrogen-bond donors (Lipinski definition) is 3. The van der Waals surface area contributed by atoms with Gasteiger partial charge in [-0.1, -0.05) is 6.92 Å². The number of urea groups is 1. The fourth-order valence-electron chi connectivity index (χ4n) is 1.45. The zero-order chi connectivity index (χ0) is 15.3. The number of nitrogens with one attached hydrogen (secondary N) is 2. The number of benzene rings is 1. The lowest BCUT2D eigenvalue weighted by Gasteiger charge is -2.13. The highest BCUT2D eigenvalue weighted by molar-refractivity contribution is 7.90. The zero-order valence-electron chi connectivity index (χ0n) is 11.1. The second-order valence-corrected chi connectivity index (χ2v) is 6.21. The smallest absolute Gasteiger partial charge is 0.326 e. The van der Waals surface area contributed by atoms with Crippen LogP contribution in [0.15, 0.2) is 29.2 Å². The summed E-state index contributed by atoms with van der Waals surface area (Å²) in [6.07, 6.45) is 1.34. The van der Waals surface area contributed by atoms with Gasteiger partial charge in [-0.3, -0.25) is 0 Å². The van der Waals surface area contributed by atoms with Gasteiger partial charge in [-0.2, -0.15) is 0 Å². The number of amides is 2. The monoisotopic (exact) mass is 300 g/mol. The summed E-state index contributed by atoms with van der Waals surface area (Å²) in [5.74, 6) is -1.12. The Kier molecular flexibility index (Phi) is 5.09. The third-order valence-corrected chi connectivity index (χ3v) is 3.68. The van der Waals surface area contributed by atoms with E-state index < -0.39 is 27.9 Å². The molecule has 3 N–H and O–H groups in total. The largest absolute Gasteiger partial charge is 0.480 e. The zero-order valence-corrected chi connectivity index (χ0v) is 11.9. The van der Waals surface area contributed by atoms with Gasteiger partial charge in [0.05, 0.1) is 4.90 Å². The van der Waals surface area contributed by atoms with Crippen molar-refractivity contribution in [2.75, 3.05) is 11.6 Å². The Balaban J connectivity index is 2.70. The number of carboxylic acid groups (broad SMARTS) is 1. The molecule has 0 bridgehead atoms. The molecule has 8 heteroatoms. The van der Waals surface area contributed by atoms with E-state index in [-0.39, 0.29) is 11.3 Å². The lowest BCUT2D eigenvalue weighted by atomic mass is 10.2. The number of carbonyl (C=O) groups is 2. The van der Waals surface area contributed by atoms with E-state index in [2.05, 4.69) is 10.6 Å². The molecule has 0 saturated carbocycles. The first-order chi connectivity index (χ1) is 9.24. The number of carbonyl (C=O) groups excluding carboxylic acids is 1. The van der Waals surface area contributed by atoms with Crippen molar-refractivity contribution in [3.63, 3.8) is 0 Å². The van der Waals surface area contributed by atoms with Crippen molar-refractivity contribution in [1.29, 1.82) is 0 Å². The molecule has 1 atom stereocenters. The van der Waals surface area contributed by atoms with E-state index in [9.17, 15) is 18.0 Å². The third kappa shape index (κ3) is 4.54. The maximum absolute atomic E-state index is 11.6. The van der Waals surface area contributed by atoms with Gasteiger partial charge in [0.2, 0.25) is 0 Å². The molecule has 1 aromatic carbocycles. The first-order valence-electron chi connectivity index (χ1n) is 5.84. The van der Waals surface area contributed by atoms with Gasteiger partial charge in [0.15, 0.2) is 9.84 Å². The van der Waals surface area contributed by atoms with E-state index in [4.69, 9.17) is 5.11 Å². The number of sulfone groups is 1. The highest BCUT2D eigenvalue weighted by atomic mass is 32.2. The SMILES string of the molecule is CC[C@@H](NC(=O)Nc1ccc(S(C)(=O)=O)cc1)C(=O)O. The van der Waals surface area contributed by atoms with Crippen molar-refractivity contribution in [1.82, 2.24) is 5.32 Å². The summed E-state index contributed by atoms with van der Waals surface area (Å²) < 4.78 is 22.5. The number of anilines is 1. The van der Waals surface area contributed by atoms with Crippen LogP contribution in [0.25, 0.3) is 0 Å². The van der Waals surface area contributed by atoms with Crippen LogP contribution in [0.5, 0.6) is 0 Å². The van der Waals surface area contributed by atoms with E-state index in [1.54, 1.807) is 6.92 Å². The van der Waals surface area contributed by atoms with Gasteiger partial charge in [-0.05, 0) is 30.7 Å². The van der Waals surface area contributed by atoms with Crippen molar-refractivity contribution >= 4 is 27.5 Å². The van der Waals surface area contributed by atoms with Gasteiger partial charge < -0.3 is 15.7 Å². The quantitative estimate of drug-likeness (QED) is 0.753. The van der Waals surface area contributed by atoms with Crippen molar-refractivity contribution in [3.05, 3.63) is 24.3 Å². The van der Waals surface area contributed by atoms with Crippen LogP contribution < -0.4 is 10.6 Å². The molecule has 0 radical (unpaired) electrons. The second kappa shape index (κ2) is 6.38. The van der Waals surface area contributed by atoms with E-state index in [1.165, 1.54) is 24.3 Å². The molecule has 0 unspecified atom stereocenters. The molecular formula is C12H16N2O5S. The first-order valence-corrected chi connectivity index (χ1v) is 7.73. The Hall–Kier alpha value is -2.09. The number of carboxylic acids is 1. The third-order valence-electron chi connectivity index (χ3n) is 2.55. The molecule has 1 aromatic rings. The van der Waals surface area contributed by atoms with E-state index in [0.717, 1.165) is 6.26 Å². The molecule has 110 valence electrons. The summed E-state index contributed by atoms with van der Waals surface area (Å²) in [7, 11) is -3.29. The molecule has 20 heavy (non-hydrogen) atoms. The Bertz CT molecular complexity index is 595. The van der Waals surface area contributed by atoms with Crippen LogP contribution in [0.1, 0.15) is 13.3 Å². The minimum absolute atomic E-state index is 0.139. The minimum atomic E-state index is -3.29. The van der Waals surface area contributed by atoms with Crippen LogP contribution in [-0.4, -0.2) is 37.8 Å². The molecule has 0 aliphatic carbocycles. The predicted octanol–water partition coefficient (Wildman–Crippen LogP) is 1.07. The summed E-state index contributed by atoms with van der Waals surface area (Å²) in [4.78, 5) is 22.5. The normalized spacial score (nSPS) is 12.5. The Labute approximate surface area is 116 Å². The summed E-state index contributed by atoms with van der Waals surface area (Å²) in [5.41, 5.74) is 0.371. The topological polar surface area (TPSA) is 113 Å². The van der Waals surface area contributed by atoms with Crippen LogP contribution in [0.4, 0.5) is 10.5 Å². The molecule has 0 aliphatic heterocycles. The van der Waals surface area contributed by atoms with Crippen molar-refractivity contribution in [3.8, 4) is 0 Å². The molecule has 0 aliphatic rings. The van der Waals surface area contributed by atoms with Crippen LogP contribution in [0.2, 0.25) is 0 Å². The molecule has 7 nitrogen and oxygen atoms in total. The lowest BCUT2D eigenvalue weighted by molar-refractivity contribution is -0.139. The standard InChI is InChI=1S/C12H16N2O5S/c1-3-10(11(15)16)14-12(17)13-8-4-6-9(7-5-8)20(2,18)19/h4-7,10H,3H2,1-2H3,(H,15,16)(H2,13,14,17)/t10-/m1/s1. The molecule has 1 rings (SSSR count). The van der Waals surface area contributed by atoms with Crippen molar-refractivity contribution in [2.45, 2.75) is 24.3 Å². The molecule has 0 aromatic heterocycles. The van der Waals surface area contributed by atoms with Gasteiger partial charge >= 0.3 is 12.0 Å². The van der Waals surface area contributed by atoms with Crippen LogP contribution in [0.3, 0.4) is 0 Å². The van der Waals surface area contributed by atoms with Gasteiger partial charge in [0, 0.05) is 11.9 Å². The van der Waals surface area contributed by atoms with Crippen molar-refractivity contribution < 1.29 is 23.1 Å². The molecule has 0 spiro atoms. The molecule has 2 amide bonds. The molecule has 0 fully saturated rings. The maximum Gasteiger partial charge on any atom is 0.326 e. The molecule has 0 heterocycles. The highest BCUT2D eigenvalue weighted by Crippen LogP contribution is 2.13. The number of rotatable bonds is 5. The van der Waals surface area contributed by atoms with Crippen LogP contribution >= 0.6 is 0 Å². The summed E-state index contributed by atoms with van der Waals surface area (Å²) in [6.45, 7) is 1.64. The van der Waals surface area contributed by atoms with Gasteiger partial charge in [0.25, 0.3) is 0 Å². The maximum atomic E-state index is 11.6. The minimum Gasteiger partial charge on any atom is -0.480 e.